The first-order valence-electron chi connectivity index (χ1n) is 9.98. The normalized spacial score (nSPS) is 14.5. The molecule has 0 bridgehead atoms. The predicted molar refractivity (Wildman–Crippen MR) is 111 cm³/mol. The van der Waals surface area contributed by atoms with Crippen LogP contribution in [0.3, 0.4) is 0 Å². The molecule has 6 heteroatoms. The molecule has 0 saturated carbocycles. The number of amides is 1. The number of nitrogens with zero attached hydrogens (tertiary/aromatic N) is 2. The summed E-state index contributed by atoms with van der Waals surface area (Å²) in [6.07, 6.45) is 3.39. The van der Waals surface area contributed by atoms with Gasteiger partial charge in [-0.1, -0.05) is 0 Å². The van der Waals surface area contributed by atoms with Crippen molar-refractivity contribution in [3.05, 3.63) is 47.7 Å². The molecule has 0 unspecified atom stereocenters. The van der Waals surface area contributed by atoms with Crippen molar-refractivity contribution in [2.75, 3.05) is 36.5 Å². The minimum absolute atomic E-state index is 0.0921. The highest BCUT2D eigenvalue weighted by Gasteiger charge is 2.17. The van der Waals surface area contributed by atoms with Crippen molar-refractivity contribution >= 4 is 17.3 Å². The first-order valence-corrected chi connectivity index (χ1v) is 9.98. The number of pyridine rings is 1. The Balaban J connectivity index is 1.68. The number of ether oxygens (including phenoxy) is 2. The van der Waals surface area contributed by atoms with Crippen LogP contribution in [0.5, 0.6) is 5.88 Å². The monoisotopic (exact) mass is 383 g/mol. The van der Waals surface area contributed by atoms with Crippen LogP contribution in [0, 0.1) is 6.92 Å². The fraction of sp³-hybridized carbons (Fsp3) is 0.455. The summed E-state index contributed by atoms with van der Waals surface area (Å²) in [6.45, 7) is 9.59. The highest BCUT2D eigenvalue weighted by molar-refractivity contribution is 6.04. The van der Waals surface area contributed by atoms with Gasteiger partial charge in [-0.05, 0) is 50.6 Å². The van der Waals surface area contributed by atoms with Crippen molar-refractivity contribution in [3.8, 4) is 5.88 Å². The number of anilines is 2. The summed E-state index contributed by atoms with van der Waals surface area (Å²) in [5.74, 6) is 0.311. The molecule has 2 heterocycles. The second-order valence-electron chi connectivity index (χ2n) is 6.94. The van der Waals surface area contributed by atoms with Gasteiger partial charge in [0.05, 0.1) is 13.2 Å². The third kappa shape index (κ3) is 5.01. The summed E-state index contributed by atoms with van der Waals surface area (Å²) in [5.41, 5.74) is 3.54. The van der Waals surface area contributed by atoms with Gasteiger partial charge in [0.25, 0.3) is 5.91 Å². The Labute approximate surface area is 166 Å². The van der Waals surface area contributed by atoms with Gasteiger partial charge in [0, 0.05) is 55.1 Å². The topological polar surface area (TPSA) is 63.7 Å². The SMILES string of the molecule is CCN(CC)c1ccc(NC(=O)c2ccnc(OC3CCOCC3)c2)c(C)c1. The van der Waals surface area contributed by atoms with Gasteiger partial charge < -0.3 is 19.7 Å². The molecule has 1 fully saturated rings. The summed E-state index contributed by atoms with van der Waals surface area (Å²) in [4.78, 5) is 19.2. The maximum atomic E-state index is 12.7. The van der Waals surface area contributed by atoms with Crippen molar-refractivity contribution in [1.82, 2.24) is 4.98 Å². The smallest absolute Gasteiger partial charge is 0.255 e. The maximum absolute atomic E-state index is 12.7. The second-order valence-corrected chi connectivity index (χ2v) is 6.94. The average Bonchev–Trinajstić information content (AvgIpc) is 2.72. The van der Waals surface area contributed by atoms with Gasteiger partial charge in [0.1, 0.15) is 6.10 Å². The molecule has 1 amide bonds. The molecule has 0 radical (unpaired) electrons. The van der Waals surface area contributed by atoms with Gasteiger partial charge in [0.15, 0.2) is 0 Å². The highest BCUT2D eigenvalue weighted by Crippen LogP contribution is 2.24. The molecular formula is C22H29N3O3. The van der Waals surface area contributed by atoms with E-state index in [1.54, 1.807) is 18.3 Å². The summed E-state index contributed by atoms with van der Waals surface area (Å²) in [5, 5.41) is 3.00. The van der Waals surface area contributed by atoms with Crippen molar-refractivity contribution in [2.24, 2.45) is 0 Å². The van der Waals surface area contributed by atoms with E-state index in [0.717, 1.165) is 42.9 Å². The van der Waals surface area contributed by atoms with Crippen LogP contribution in [-0.4, -0.2) is 43.3 Å². The van der Waals surface area contributed by atoms with E-state index in [1.807, 2.05) is 19.1 Å². The van der Waals surface area contributed by atoms with Crippen LogP contribution in [0.2, 0.25) is 0 Å². The molecule has 0 spiro atoms. The third-order valence-electron chi connectivity index (χ3n) is 5.04. The van der Waals surface area contributed by atoms with E-state index < -0.39 is 0 Å². The van der Waals surface area contributed by atoms with E-state index in [0.29, 0.717) is 24.7 Å². The van der Waals surface area contributed by atoms with E-state index in [1.165, 1.54) is 0 Å². The molecule has 150 valence electrons. The molecule has 28 heavy (non-hydrogen) atoms. The average molecular weight is 383 g/mol. The predicted octanol–water partition coefficient (Wildman–Crippen LogP) is 4.05. The van der Waals surface area contributed by atoms with E-state index in [9.17, 15) is 4.79 Å². The number of carbonyl (C=O) groups is 1. The first-order chi connectivity index (χ1) is 13.6. The van der Waals surface area contributed by atoms with Gasteiger partial charge in [-0.3, -0.25) is 4.79 Å². The molecule has 1 aromatic heterocycles. The number of nitrogens with one attached hydrogen (secondary N) is 1. The Morgan fingerprint density at radius 3 is 2.64 bits per heavy atom. The van der Waals surface area contributed by atoms with Crippen LogP contribution in [-0.2, 0) is 4.74 Å². The lowest BCUT2D eigenvalue weighted by Crippen LogP contribution is -2.26. The Hall–Kier alpha value is -2.60. The molecule has 1 aliphatic rings. The van der Waals surface area contributed by atoms with Crippen molar-refractivity contribution in [2.45, 2.75) is 39.7 Å². The number of aromatic nitrogens is 1. The van der Waals surface area contributed by atoms with E-state index in [-0.39, 0.29) is 12.0 Å². The Bertz CT molecular complexity index is 799. The fourth-order valence-electron chi connectivity index (χ4n) is 3.35. The van der Waals surface area contributed by atoms with Crippen LogP contribution >= 0.6 is 0 Å². The van der Waals surface area contributed by atoms with Crippen LogP contribution in [0.15, 0.2) is 36.5 Å². The zero-order valence-corrected chi connectivity index (χ0v) is 16.9. The minimum atomic E-state index is -0.169. The minimum Gasteiger partial charge on any atom is -0.474 e. The van der Waals surface area contributed by atoms with Crippen LogP contribution in [0.1, 0.15) is 42.6 Å². The van der Waals surface area contributed by atoms with E-state index >= 15 is 0 Å². The molecule has 0 aliphatic carbocycles. The molecule has 1 aromatic carbocycles. The van der Waals surface area contributed by atoms with Crippen LogP contribution < -0.4 is 15.0 Å². The summed E-state index contributed by atoms with van der Waals surface area (Å²) in [6, 6.07) is 9.51. The lowest BCUT2D eigenvalue weighted by Gasteiger charge is -2.23. The van der Waals surface area contributed by atoms with Crippen molar-refractivity contribution in [3.63, 3.8) is 0 Å². The summed E-state index contributed by atoms with van der Waals surface area (Å²) in [7, 11) is 0. The molecule has 1 aliphatic heterocycles. The lowest BCUT2D eigenvalue weighted by molar-refractivity contribution is 0.0237. The number of carbonyl (C=O) groups excluding carboxylic acids is 1. The van der Waals surface area contributed by atoms with E-state index in [2.05, 4.69) is 35.1 Å². The Kier molecular flexibility index (Phi) is 6.87. The quantitative estimate of drug-likeness (QED) is 0.782. The van der Waals surface area contributed by atoms with Crippen LogP contribution in [0.4, 0.5) is 11.4 Å². The number of rotatable bonds is 7. The molecule has 0 atom stereocenters. The summed E-state index contributed by atoms with van der Waals surface area (Å²) >= 11 is 0. The largest absolute Gasteiger partial charge is 0.474 e. The van der Waals surface area contributed by atoms with Gasteiger partial charge in [-0.15, -0.1) is 0 Å². The molecule has 1 N–H and O–H groups in total. The van der Waals surface area contributed by atoms with Gasteiger partial charge in [-0.25, -0.2) is 4.98 Å². The molecule has 3 rings (SSSR count). The number of hydrogen-bond acceptors (Lipinski definition) is 5. The fourth-order valence-corrected chi connectivity index (χ4v) is 3.35. The van der Waals surface area contributed by atoms with Crippen LogP contribution in [0.25, 0.3) is 0 Å². The first kappa shape index (κ1) is 20.1. The molecular weight excluding hydrogens is 354 g/mol. The zero-order valence-electron chi connectivity index (χ0n) is 16.9. The zero-order chi connectivity index (χ0) is 19.9. The molecule has 6 nitrogen and oxygen atoms in total. The third-order valence-corrected chi connectivity index (χ3v) is 5.04. The molecule has 1 saturated heterocycles. The lowest BCUT2D eigenvalue weighted by atomic mass is 10.1. The molecule has 2 aromatic rings. The highest BCUT2D eigenvalue weighted by atomic mass is 16.5. The van der Waals surface area contributed by atoms with Crippen molar-refractivity contribution < 1.29 is 14.3 Å². The Morgan fingerprint density at radius 1 is 1.21 bits per heavy atom. The second kappa shape index (κ2) is 9.55. The Morgan fingerprint density at radius 2 is 1.96 bits per heavy atom. The maximum Gasteiger partial charge on any atom is 0.255 e. The van der Waals surface area contributed by atoms with Gasteiger partial charge in [0.2, 0.25) is 5.88 Å². The number of hydrogen-bond donors (Lipinski definition) is 1. The van der Waals surface area contributed by atoms with E-state index in [4.69, 9.17) is 9.47 Å². The number of aryl methyl sites for hydroxylation is 1. The van der Waals surface area contributed by atoms with Gasteiger partial charge >= 0.3 is 0 Å². The van der Waals surface area contributed by atoms with Crippen molar-refractivity contribution in [1.29, 1.82) is 0 Å². The van der Waals surface area contributed by atoms with Gasteiger partial charge in [-0.2, -0.15) is 0 Å². The number of benzene rings is 1. The standard InChI is InChI=1S/C22H29N3O3/c1-4-25(5-2)18-6-7-20(16(3)14-18)24-22(26)17-8-11-23-21(15-17)28-19-9-12-27-13-10-19/h6-8,11,14-15,19H,4-5,9-10,12-13H2,1-3H3,(H,24,26). The summed E-state index contributed by atoms with van der Waals surface area (Å²) < 4.78 is 11.3.